The Bertz CT molecular complexity index is 455. The molecule has 1 aromatic heterocycles. The lowest BCUT2D eigenvalue weighted by molar-refractivity contribution is 0.0437. The zero-order valence-electron chi connectivity index (χ0n) is 15.1. The quantitative estimate of drug-likeness (QED) is 0.477. The molecule has 23 heavy (non-hydrogen) atoms. The molecule has 0 bridgehead atoms. The standard InChI is InChI=1S/C17H32N4O2/c1-6-18-16(19-10-11-21(7-2)14(3)4)20-13-17(5,22)15-9-8-12-23-15/h8-9,12,14,22H,6-7,10-11,13H2,1-5H3,(H2,18,19,20). The number of nitrogens with zero attached hydrogens (tertiary/aromatic N) is 2. The Balaban J connectivity index is 2.56. The van der Waals surface area contributed by atoms with Crippen LogP contribution in [-0.2, 0) is 5.60 Å². The van der Waals surface area contributed by atoms with Crippen molar-refractivity contribution in [1.82, 2.24) is 15.5 Å². The Morgan fingerprint density at radius 3 is 2.65 bits per heavy atom. The highest BCUT2D eigenvalue weighted by molar-refractivity contribution is 5.79. The molecule has 0 aliphatic rings. The maximum absolute atomic E-state index is 10.5. The molecule has 0 aromatic carbocycles. The van der Waals surface area contributed by atoms with Crippen molar-refractivity contribution < 1.29 is 9.52 Å². The van der Waals surface area contributed by atoms with E-state index in [0.717, 1.165) is 26.2 Å². The van der Waals surface area contributed by atoms with Crippen LogP contribution < -0.4 is 10.6 Å². The predicted molar refractivity (Wildman–Crippen MR) is 94.6 cm³/mol. The molecule has 1 rings (SSSR count). The average molecular weight is 324 g/mol. The maximum atomic E-state index is 10.5. The summed E-state index contributed by atoms with van der Waals surface area (Å²) in [5.74, 6) is 1.23. The van der Waals surface area contributed by atoms with E-state index in [2.05, 4.69) is 41.3 Å². The topological polar surface area (TPSA) is 73.0 Å². The zero-order chi connectivity index (χ0) is 17.3. The molecule has 0 amide bonds. The second-order valence-corrected chi connectivity index (χ2v) is 6.10. The van der Waals surface area contributed by atoms with Crippen LogP contribution in [0.1, 0.15) is 40.4 Å². The first-order valence-corrected chi connectivity index (χ1v) is 8.43. The minimum atomic E-state index is -1.11. The third kappa shape index (κ3) is 6.62. The van der Waals surface area contributed by atoms with Crippen molar-refractivity contribution in [3.63, 3.8) is 0 Å². The van der Waals surface area contributed by atoms with E-state index >= 15 is 0 Å². The Labute approximate surface area is 140 Å². The van der Waals surface area contributed by atoms with Gasteiger partial charge in [-0.2, -0.15) is 0 Å². The van der Waals surface area contributed by atoms with E-state index in [0.29, 0.717) is 17.8 Å². The van der Waals surface area contributed by atoms with Crippen molar-refractivity contribution in [3.05, 3.63) is 24.2 Å². The fourth-order valence-electron chi connectivity index (χ4n) is 2.34. The minimum Gasteiger partial charge on any atom is -0.466 e. The van der Waals surface area contributed by atoms with Gasteiger partial charge in [0.1, 0.15) is 11.4 Å². The number of hydrogen-bond acceptors (Lipinski definition) is 4. The fourth-order valence-corrected chi connectivity index (χ4v) is 2.34. The lowest BCUT2D eigenvalue weighted by Crippen LogP contribution is -2.43. The lowest BCUT2D eigenvalue weighted by Gasteiger charge is -2.25. The molecule has 0 fully saturated rings. The van der Waals surface area contributed by atoms with Crippen molar-refractivity contribution in [2.45, 2.75) is 46.3 Å². The van der Waals surface area contributed by atoms with Gasteiger partial charge >= 0.3 is 0 Å². The normalized spacial score (nSPS) is 15.0. The minimum absolute atomic E-state index is 0.234. The van der Waals surface area contributed by atoms with Crippen LogP contribution in [0.25, 0.3) is 0 Å². The molecular weight excluding hydrogens is 292 g/mol. The Kier molecular flexibility index (Phi) is 8.12. The van der Waals surface area contributed by atoms with Crippen LogP contribution in [0, 0.1) is 0 Å². The van der Waals surface area contributed by atoms with E-state index < -0.39 is 5.60 Å². The van der Waals surface area contributed by atoms with Gasteiger partial charge < -0.3 is 20.2 Å². The number of aliphatic imine (C=N–C) groups is 1. The summed E-state index contributed by atoms with van der Waals surface area (Å²) < 4.78 is 5.28. The van der Waals surface area contributed by atoms with Crippen molar-refractivity contribution in [2.75, 3.05) is 32.7 Å². The zero-order valence-corrected chi connectivity index (χ0v) is 15.1. The molecule has 6 heteroatoms. The SMILES string of the molecule is CCNC(=NCC(C)(O)c1ccco1)NCCN(CC)C(C)C. The molecule has 1 unspecified atom stereocenters. The van der Waals surface area contributed by atoms with Gasteiger partial charge in [0.05, 0.1) is 12.8 Å². The average Bonchev–Trinajstić information content (AvgIpc) is 3.04. The lowest BCUT2D eigenvalue weighted by atomic mass is 10.0. The van der Waals surface area contributed by atoms with Crippen LogP contribution in [0.15, 0.2) is 27.8 Å². The fraction of sp³-hybridized carbons (Fsp3) is 0.706. The van der Waals surface area contributed by atoms with E-state index in [1.165, 1.54) is 0 Å². The summed E-state index contributed by atoms with van der Waals surface area (Å²) in [6.45, 7) is 14.1. The smallest absolute Gasteiger partial charge is 0.191 e. The van der Waals surface area contributed by atoms with Crippen molar-refractivity contribution in [1.29, 1.82) is 0 Å². The molecule has 0 saturated carbocycles. The van der Waals surface area contributed by atoms with Crippen LogP contribution in [0.3, 0.4) is 0 Å². The molecule has 6 nitrogen and oxygen atoms in total. The van der Waals surface area contributed by atoms with Gasteiger partial charge in [0, 0.05) is 25.7 Å². The molecule has 1 aromatic rings. The highest BCUT2D eigenvalue weighted by atomic mass is 16.4. The van der Waals surface area contributed by atoms with Gasteiger partial charge in [0.15, 0.2) is 5.96 Å². The number of hydrogen-bond donors (Lipinski definition) is 3. The van der Waals surface area contributed by atoms with Gasteiger partial charge in [-0.25, -0.2) is 4.99 Å². The summed E-state index contributed by atoms with van der Waals surface area (Å²) >= 11 is 0. The molecule has 1 atom stereocenters. The Hall–Kier alpha value is -1.53. The van der Waals surface area contributed by atoms with E-state index in [1.807, 2.05) is 6.92 Å². The molecule has 0 aliphatic heterocycles. The van der Waals surface area contributed by atoms with Crippen LogP contribution in [0.4, 0.5) is 0 Å². The highest BCUT2D eigenvalue weighted by Gasteiger charge is 2.26. The van der Waals surface area contributed by atoms with Crippen LogP contribution in [-0.4, -0.2) is 54.7 Å². The molecular formula is C17H32N4O2. The summed E-state index contributed by atoms with van der Waals surface area (Å²) in [4.78, 5) is 6.86. The summed E-state index contributed by atoms with van der Waals surface area (Å²) in [5, 5.41) is 17.0. The molecule has 0 radical (unpaired) electrons. The van der Waals surface area contributed by atoms with E-state index in [9.17, 15) is 5.11 Å². The van der Waals surface area contributed by atoms with E-state index in [1.54, 1.807) is 25.3 Å². The summed E-state index contributed by atoms with van der Waals surface area (Å²) in [6, 6.07) is 4.06. The van der Waals surface area contributed by atoms with Crippen LogP contribution >= 0.6 is 0 Å². The number of guanidine groups is 1. The molecule has 0 spiro atoms. The van der Waals surface area contributed by atoms with Gasteiger partial charge in [-0.3, -0.25) is 4.90 Å². The second kappa shape index (κ2) is 9.57. The number of likely N-dealkylation sites (N-methyl/N-ethyl adjacent to an activating group) is 1. The molecule has 0 aliphatic carbocycles. The Morgan fingerprint density at radius 2 is 2.13 bits per heavy atom. The molecule has 0 saturated heterocycles. The first-order valence-electron chi connectivity index (χ1n) is 8.43. The van der Waals surface area contributed by atoms with Gasteiger partial charge in [-0.1, -0.05) is 6.92 Å². The van der Waals surface area contributed by atoms with E-state index in [-0.39, 0.29) is 6.54 Å². The van der Waals surface area contributed by atoms with Crippen LogP contribution in [0.2, 0.25) is 0 Å². The number of rotatable bonds is 9. The first kappa shape index (κ1) is 19.5. The summed E-state index contributed by atoms with van der Waals surface area (Å²) in [7, 11) is 0. The van der Waals surface area contributed by atoms with Gasteiger partial charge in [-0.05, 0) is 46.4 Å². The molecule has 3 N–H and O–H groups in total. The number of furan rings is 1. The van der Waals surface area contributed by atoms with Crippen molar-refractivity contribution >= 4 is 5.96 Å². The van der Waals surface area contributed by atoms with Crippen molar-refractivity contribution in [3.8, 4) is 0 Å². The van der Waals surface area contributed by atoms with Gasteiger partial charge in [0.2, 0.25) is 0 Å². The van der Waals surface area contributed by atoms with Gasteiger partial charge in [0.25, 0.3) is 0 Å². The highest BCUT2D eigenvalue weighted by Crippen LogP contribution is 2.20. The third-order valence-corrected chi connectivity index (χ3v) is 3.77. The predicted octanol–water partition coefficient (Wildman–Crippen LogP) is 1.77. The van der Waals surface area contributed by atoms with Gasteiger partial charge in [-0.15, -0.1) is 0 Å². The molecule has 1 heterocycles. The maximum Gasteiger partial charge on any atom is 0.191 e. The third-order valence-electron chi connectivity index (χ3n) is 3.77. The number of aliphatic hydroxyl groups is 1. The monoisotopic (exact) mass is 324 g/mol. The summed E-state index contributed by atoms with van der Waals surface area (Å²) in [5.41, 5.74) is -1.11. The first-order chi connectivity index (χ1) is 10.9. The molecule has 132 valence electrons. The number of nitrogens with one attached hydrogen (secondary N) is 2. The Morgan fingerprint density at radius 1 is 1.39 bits per heavy atom. The van der Waals surface area contributed by atoms with Crippen molar-refractivity contribution in [2.24, 2.45) is 4.99 Å². The van der Waals surface area contributed by atoms with E-state index in [4.69, 9.17) is 4.42 Å². The second-order valence-electron chi connectivity index (χ2n) is 6.10. The largest absolute Gasteiger partial charge is 0.466 e. The van der Waals surface area contributed by atoms with Crippen LogP contribution in [0.5, 0.6) is 0 Å². The summed E-state index contributed by atoms with van der Waals surface area (Å²) in [6.07, 6.45) is 1.56.